The molecule has 0 atom stereocenters. The summed E-state index contributed by atoms with van der Waals surface area (Å²) in [6.07, 6.45) is 0. The molecule has 0 rings (SSSR count). The van der Waals surface area contributed by atoms with Crippen LogP contribution in [0.1, 0.15) is 16.3 Å². The van der Waals surface area contributed by atoms with Crippen LogP contribution in [-0.4, -0.2) is 55.3 Å². The molecule has 0 bridgehead atoms. The highest BCUT2D eigenvalue weighted by atomic mass is 32.3. The molecule has 10 nitrogen and oxygen atoms in total. The first-order valence-corrected chi connectivity index (χ1v) is 4.90. The first kappa shape index (κ1) is 36.1. The third-order valence-corrected chi connectivity index (χ3v) is 0.612. The Kier molecular flexibility index (Phi) is 38.5. The molecule has 0 saturated heterocycles. The zero-order valence-electron chi connectivity index (χ0n) is 7.07. The van der Waals surface area contributed by atoms with Crippen molar-refractivity contribution in [2.75, 3.05) is 14.2 Å². The van der Waals surface area contributed by atoms with E-state index in [0.29, 0.717) is 0 Å². The van der Waals surface area contributed by atoms with Gasteiger partial charge in [-0.15, -0.1) is 0 Å². The van der Waals surface area contributed by atoms with Crippen molar-refractivity contribution in [3.05, 3.63) is 0 Å². The van der Waals surface area contributed by atoms with Crippen LogP contribution in [0.2, 0.25) is 0 Å². The molecule has 0 aromatic carbocycles. The Balaban J connectivity index is -0.0000000171. The predicted octanol–water partition coefficient (Wildman–Crippen LogP) is -1.60. The molecule has 0 radical (unpaired) electrons. The largest absolute Gasteiger partial charge is 0.726 e. The molecule has 12 heteroatoms. The summed E-state index contributed by atoms with van der Waals surface area (Å²) in [5.74, 6) is 0. The van der Waals surface area contributed by atoms with E-state index in [9.17, 15) is 13.0 Å². The van der Waals surface area contributed by atoms with E-state index in [1.165, 1.54) is 0 Å². The lowest BCUT2D eigenvalue weighted by atomic mass is 11.8. The molecule has 0 spiro atoms. The zero-order chi connectivity index (χ0) is 11.7. The van der Waals surface area contributed by atoms with Crippen molar-refractivity contribution in [1.29, 1.82) is 0 Å². The minimum atomic E-state index is -4.92. The van der Waals surface area contributed by atoms with Crippen molar-refractivity contribution >= 4 is 20.8 Å². The molecule has 4 N–H and O–H groups in total. The van der Waals surface area contributed by atoms with Crippen LogP contribution in [0.15, 0.2) is 0 Å². The SMILES string of the molecule is C.C.CO.COS(=O)(=O)[O-].O.O=S(=O)([O-])O.[3HH]. The molecular formula is C4H20O10S2-2. The van der Waals surface area contributed by atoms with Gasteiger partial charge in [0.25, 0.3) is 0 Å². The van der Waals surface area contributed by atoms with Crippen LogP contribution in [0, 0.1) is 0 Å². The molecule has 0 heterocycles. The van der Waals surface area contributed by atoms with Gasteiger partial charge in [-0.3, -0.25) is 8.74 Å². The van der Waals surface area contributed by atoms with E-state index in [1.54, 1.807) is 0 Å². The quantitative estimate of drug-likeness (QED) is 0.422. The smallest absolute Gasteiger partial charge is 0.217 e. The number of aliphatic hydroxyl groups excluding tert-OH is 1. The Bertz CT molecular complexity index is 273. The Hall–Kier alpha value is -0.340. The first-order valence-electron chi connectivity index (χ1n) is 2.20. The topological polar surface area (TPSA) is 196 Å². The maximum atomic E-state index is 9.22. The average Bonchev–Trinajstić information content (AvgIpc) is 1.87. The van der Waals surface area contributed by atoms with Crippen LogP contribution in [0.25, 0.3) is 0 Å². The number of rotatable bonds is 1. The third-order valence-electron chi connectivity index (χ3n) is 0.204. The second-order valence-electron chi connectivity index (χ2n) is 1.00. The normalized spacial score (nSPS) is 8.38. The first-order chi connectivity index (χ1) is 5.56. The van der Waals surface area contributed by atoms with Crippen LogP contribution in [0.4, 0.5) is 0 Å². The maximum absolute atomic E-state index is 9.22. The Morgan fingerprint density at radius 3 is 1.12 bits per heavy atom. The van der Waals surface area contributed by atoms with Crippen molar-refractivity contribution in [2.45, 2.75) is 14.9 Å². The fourth-order valence-corrected chi connectivity index (χ4v) is 0. The van der Waals surface area contributed by atoms with Crippen LogP contribution in [0.5, 0.6) is 0 Å². The van der Waals surface area contributed by atoms with Crippen molar-refractivity contribution in [2.24, 2.45) is 0 Å². The molecule has 0 aliphatic rings. The summed E-state index contributed by atoms with van der Waals surface area (Å²) in [6.45, 7) is 0. The van der Waals surface area contributed by atoms with Gasteiger partial charge in [0.2, 0.25) is 20.8 Å². The van der Waals surface area contributed by atoms with Crippen LogP contribution in [-0.2, 0) is 25.0 Å². The number of hydrogen-bond donors (Lipinski definition) is 2. The van der Waals surface area contributed by atoms with Gasteiger partial charge in [-0.05, 0) is 0 Å². The second-order valence-corrected chi connectivity index (χ2v) is 3.01. The van der Waals surface area contributed by atoms with Gasteiger partial charge >= 0.3 is 0 Å². The van der Waals surface area contributed by atoms with Gasteiger partial charge in [-0.1, -0.05) is 14.9 Å². The molecule has 0 unspecified atom stereocenters. The fourth-order valence-electron chi connectivity index (χ4n) is 0. The summed E-state index contributed by atoms with van der Waals surface area (Å²) in [6, 6.07) is 0. The van der Waals surface area contributed by atoms with E-state index in [-0.39, 0.29) is 21.8 Å². The van der Waals surface area contributed by atoms with Gasteiger partial charge < -0.3 is 19.7 Å². The van der Waals surface area contributed by atoms with Crippen molar-refractivity contribution in [1.82, 2.24) is 0 Å². The number of aliphatic hydroxyl groups is 1. The fraction of sp³-hybridized carbons (Fsp3) is 1.00. The lowest BCUT2D eigenvalue weighted by Gasteiger charge is -1.98. The van der Waals surface area contributed by atoms with E-state index in [4.69, 9.17) is 22.6 Å². The highest BCUT2D eigenvalue weighted by Gasteiger charge is 1.79. The highest BCUT2D eigenvalue weighted by molar-refractivity contribution is 7.80. The molecule has 0 aliphatic heterocycles. The Labute approximate surface area is 97.2 Å². The summed E-state index contributed by atoms with van der Waals surface area (Å²) in [7, 11) is -7.52. The summed E-state index contributed by atoms with van der Waals surface area (Å²) in [5.41, 5.74) is 0. The average molecular weight is 294 g/mol. The van der Waals surface area contributed by atoms with Gasteiger partial charge in [-0.25, -0.2) is 16.8 Å². The highest BCUT2D eigenvalue weighted by Crippen LogP contribution is 1.74. The molecule has 0 aromatic heterocycles. The molecule has 0 aliphatic carbocycles. The maximum Gasteiger partial charge on any atom is 0.217 e. The standard InChI is InChI=1S/CH4O4S.CH4O.2CH4.H2O4S.H2O.H2/c1-5-6(2,3)4;1-2;;;1-5(2,3)4;;/h1H3,(H,2,3,4);2H,1H3;2*1H4;(H2,1,2,3,4);1H2;1H/p-2/i;;;;;;1+2. The summed E-state index contributed by atoms with van der Waals surface area (Å²) < 4.78 is 63.9. The minimum absolute atomic E-state index is 0. The zero-order valence-corrected chi connectivity index (χ0v) is 8.70. The molecule has 0 saturated carbocycles. The van der Waals surface area contributed by atoms with Crippen molar-refractivity contribution in [3.63, 3.8) is 0 Å². The molecule has 110 valence electrons. The summed E-state index contributed by atoms with van der Waals surface area (Å²) >= 11 is 0. The Morgan fingerprint density at radius 1 is 1.06 bits per heavy atom. The molecule has 0 aromatic rings. The second kappa shape index (κ2) is 17.1. The van der Waals surface area contributed by atoms with Crippen LogP contribution < -0.4 is 0 Å². The van der Waals surface area contributed by atoms with Gasteiger partial charge in [0, 0.05) is 8.54 Å². The Morgan fingerprint density at radius 2 is 1.12 bits per heavy atom. The summed E-state index contributed by atoms with van der Waals surface area (Å²) in [4.78, 5) is 0. The molecule has 0 fully saturated rings. The predicted molar refractivity (Wildman–Crippen MR) is 56.4 cm³/mol. The van der Waals surface area contributed by atoms with E-state index < -0.39 is 20.8 Å². The van der Waals surface area contributed by atoms with Gasteiger partial charge in [0.05, 0.1) is 7.11 Å². The van der Waals surface area contributed by atoms with E-state index in [0.717, 1.165) is 14.2 Å². The van der Waals surface area contributed by atoms with Crippen LogP contribution in [0.3, 0.4) is 0 Å². The monoisotopic (exact) mass is 294 g/mol. The van der Waals surface area contributed by atoms with Crippen molar-refractivity contribution in [3.8, 4) is 0 Å². The van der Waals surface area contributed by atoms with Gasteiger partial charge in [0.1, 0.15) is 0 Å². The van der Waals surface area contributed by atoms with Crippen LogP contribution >= 0.6 is 0 Å². The number of hydrogen-bond acceptors (Lipinski definition) is 8. The van der Waals surface area contributed by atoms with Crippen molar-refractivity contribution < 1.29 is 46.7 Å². The van der Waals surface area contributed by atoms with Gasteiger partial charge in [-0.2, -0.15) is 0 Å². The van der Waals surface area contributed by atoms with E-state index in [1.807, 2.05) is 0 Å². The minimum Gasteiger partial charge on any atom is -0.726 e. The summed E-state index contributed by atoms with van der Waals surface area (Å²) in [5, 5.41) is 7.00. The lowest BCUT2D eigenvalue weighted by molar-refractivity contribution is 0.314. The van der Waals surface area contributed by atoms with E-state index in [2.05, 4.69) is 4.18 Å². The van der Waals surface area contributed by atoms with Gasteiger partial charge in [0.15, 0.2) is 0 Å². The molecule has 0 amide bonds. The lowest BCUT2D eigenvalue weighted by Crippen LogP contribution is -1.97. The third kappa shape index (κ3) is 309. The van der Waals surface area contributed by atoms with E-state index >= 15 is 0 Å². The molecular weight excluding hydrogens is 272 g/mol. The molecule has 16 heavy (non-hydrogen) atoms.